The molecule has 124 valence electrons. The van der Waals surface area contributed by atoms with Gasteiger partial charge >= 0.3 is 0 Å². The van der Waals surface area contributed by atoms with E-state index in [1.165, 1.54) is 0 Å². The highest BCUT2D eigenvalue weighted by molar-refractivity contribution is 5.87. The molecule has 5 nitrogen and oxygen atoms in total. The molecule has 21 heavy (non-hydrogen) atoms. The zero-order valence-electron chi connectivity index (χ0n) is 14.1. The first-order valence-corrected chi connectivity index (χ1v) is 8.17. The largest absolute Gasteiger partial charge is 0.354 e. The van der Waals surface area contributed by atoms with Crippen LogP contribution < -0.4 is 16.4 Å². The van der Waals surface area contributed by atoms with Crippen molar-refractivity contribution in [3.63, 3.8) is 0 Å². The summed E-state index contributed by atoms with van der Waals surface area (Å²) in [5, 5.41) is 5.58. The van der Waals surface area contributed by atoms with Crippen LogP contribution >= 0.6 is 0 Å². The number of carbonyl (C=O) groups is 2. The summed E-state index contributed by atoms with van der Waals surface area (Å²) in [5.74, 6) is 0.739. The number of amides is 2. The Kier molecular flexibility index (Phi) is 10.9. The lowest BCUT2D eigenvalue weighted by atomic mass is 9.94. The van der Waals surface area contributed by atoms with Crippen LogP contribution in [0.3, 0.4) is 0 Å². The Morgan fingerprint density at radius 2 is 1.76 bits per heavy atom. The van der Waals surface area contributed by atoms with Gasteiger partial charge in [-0.25, -0.2) is 0 Å². The van der Waals surface area contributed by atoms with Gasteiger partial charge in [-0.2, -0.15) is 0 Å². The molecule has 0 spiro atoms. The van der Waals surface area contributed by atoms with Crippen LogP contribution in [0.15, 0.2) is 0 Å². The Morgan fingerprint density at radius 1 is 1.10 bits per heavy atom. The number of nitrogens with one attached hydrogen (secondary N) is 2. The molecule has 5 heteroatoms. The van der Waals surface area contributed by atoms with Gasteiger partial charge in [0.15, 0.2) is 0 Å². The number of rotatable bonds is 11. The van der Waals surface area contributed by atoms with Gasteiger partial charge in [-0.3, -0.25) is 9.59 Å². The molecule has 0 aliphatic heterocycles. The van der Waals surface area contributed by atoms with E-state index in [2.05, 4.69) is 17.6 Å². The van der Waals surface area contributed by atoms with E-state index in [9.17, 15) is 9.59 Å². The molecule has 0 aromatic rings. The summed E-state index contributed by atoms with van der Waals surface area (Å²) >= 11 is 0. The van der Waals surface area contributed by atoms with E-state index in [0.717, 1.165) is 25.7 Å². The van der Waals surface area contributed by atoms with E-state index >= 15 is 0 Å². The Balaban J connectivity index is 4.03. The van der Waals surface area contributed by atoms with Crippen LogP contribution in [0.4, 0.5) is 0 Å². The third kappa shape index (κ3) is 10.3. The zero-order valence-corrected chi connectivity index (χ0v) is 14.1. The van der Waals surface area contributed by atoms with Crippen LogP contribution in [0.25, 0.3) is 0 Å². The van der Waals surface area contributed by atoms with Gasteiger partial charge < -0.3 is 16.4 Å². The molecule has 0 heterocycles. The van der Waals surface area contributed by atoms with E-state index < -0.39 is 6.04 Å². The van der Waals surface area contributed by atoms with Crippen LogP contribution in [0, 0.1) is 11.8 Å². The fraction of sp³-hybridized carbons (Fsp3) is 0.875. The molecule has 0 saturated carbocycles. The molecule has 0 rings (SSSR count). The van der Waals surface area contributed by atoms with Crippen molar-refractivity contribution in [3.05, 3.63) is 0 Å². The first kappa shape index (κ1) is 19.9. The predicted octanol–water partition coefficient (Wildman–Crippen LogP) is 1.81. The summed E-state index contributed by atoms with van der Waals surface area (Å²) in [7, 11) is 0. The van der Waals surface area contributed by atoms with Crippen molar-refractivity contribution in [1.29, 1.82) is 0 Å². The minimum absolute atomic E-state index is 0.0553. The minimum Gasteiger partial charge on any atom is -0.354 e. The number of carbonyl (C=O) groups excluding carboxylic acids is 2. The standard InChI is InChI=1S/C16H33N3O2/c1-5-6-14(9-10-17)7-8-15(20)19-13(4)16(21)18-11-12(2)3/h12-14H,5-11,17H2,1-4H3,(H,18,21)(H,19,20). The molecule has 2 unspecified atom stereocenters. The average molecular weight is 299 g/mol. The molecule has 0 radical (unpaired) electrons. The topological polar surface area (TPSA) is 84.2 Å². The highest BCUT2D eigenvalue weighted by Crippen LogP contribution is 2.16. The summed E-state index contributed by atoms with van der Waals surface area (Å²) in [6.07, 6.45) is 4.49. The molecule has 0 aliphatic rings. The fourth-order valence-electron chi connectivity index (χ4n) is 2.25. The number of nitrogens with two attached hydrogens (primary N) is 1. The molecule has 0 aromatic carbocycles. The Labute approximate surface area is 129 Å². The molecule has 0 fully saturated rings. The predicted molar refractivity (Wildman–Crippen MR) is 86.8 cm³/mol. The molecular weight excluding hydrogens is 266 g/mol. The summed E-state index contributed by atoms with van der Waals surface area (Å²) in [6, 6.07) is -0.476. The van der Waals surface area contributed by atoms with Crippen molar-refractivity contribution in [2.45, 2.75) is 65.8 Å². The lowest BCUT2D eigenvalue weighted by molar-refractivity contribution is -0.128. The Hall–Kier alpha value is -1.10. The van der Waals surface area contributed by atoms with Crippen molar-refractivity contribution >= 4 is 11.8 Å². The molecule has 2 amide bonds. The van der Waals surface area contributed by atoms with Gasteiger partial charge in [-0.05, 0) is 38.1 Å². The molecule has 4 N–H and O–H groups in total. The van der Waals surface area contributed by atoms with Crippen LogP contribution in [-0.2, 0) is 9.59 Å². The number of hydrogen-bond donors (Lipinski definition) is 3. The van der Waals surface area contributed by atoms with Gasteiger partial charge in [0.05, 0.1) is 0 Å². The van der Waals surface area contributed by atoms with Gasteiger partial charge in [0.1, 0.15) is 6.04 Å². The molecule has 0 aromatic heterocycles. The SMILES string of the molecule is CCCC(CCN)CCC(=O)NC(C)C(=O)NCC(C)C. The molecule has 2 atom stereocenters. The second-order valence-corrected chi connectivity index (χ2v) is 6.20. The average Bonchev–Trinajstić information content (AvgIpc) is 2.42. The second-order valence-electron chi connectivity index (χ2n) is 6.20. The van der Waals surface area contributed by atoms with Gasteiger partial charge in [0.25, 0.3) is 0 Å². The van der Waals surface area contributed by atoms with Gasteiger partial charge in [-0.1, -0.05) is 33.6 Å². The van der Waals surface area contributed by atoms with Crippen LogP contribution in [0.1, 0.15) is 59.8 Å². The lowest BCUT2D eigenvalue weighted by Crippen LogP contribution is -2.45. The van der Waals surface area contributed by atoms with Crippen molar-refractivity contribution in [3.8, 4) is 0 Å². The molecule has 0 saturated heterocycles. The fourth-order valence-corrected chi connectivity index (χ4v) is 2.25. The maximum absolute atomic E-state index is 11.9. The van der Waals surface area contributed by atoms with Gasteiger partial charge in [0.2, 0.25) is 11.8 Å². The van der Waals surface area contributed by atoms with Crippen molar-refractivity contribution < 1.29 is 9.59 Å². The first-order chi connectivity index (χ1) is 9.90. The molecule has 0 bridgehead atoms. The third-order valence-corrected chi connectivity index (χ3v) is 3.51. The van der Waals surface area contributed by atoms with Gasteiger partial charge in [0, 0.05) is 13.0 Å². The van der Waals surface area contributed by atoms with Crippen LogP contribution in [0.5, 0.6) is 0 Å². The highest BCUT2D eigenvalue weighted by atomic mass is 16.2. The van der Waals surface area contributed by atoms with E-state index in [-0.39, 0.29) is 11.8 Å². The zero-order chi connectivity index (χ0) is 16.3. The van der Waals surface area contributed by atoms with Crippen LogP contribution in [0.2, 0.25) is 0 Å². The summed E-state index contributed by atoms with van der Waals surface area (Å²) in [6.45, 7) is 9.24. The minimum atomic E-state index is -0.476. The Bertz CT molecular complexity index is 300. The summed E-state index contributed by atoms with van der Waals surface area (Å²) in [5.41, 5.74) is 5.59. The van der Waals surface area contributed by atoms with Crippen molar-refractivity contribution in [2.75, 3.05) is 13.1 Å². The lowest BCUT2D eigenvalue weighted by Gasteiger charge is -2.17. The van der Waals surface area contributed by atoms with E-state index in [1.807, 2.05) is 13.8 Å². The van der Waals surface area contributed by atoms with Gasteiger partial charge in [-0.15, -0.1) is 0 Å². The summed E-state index contributed by atoms with van der Waals surface area (Å²) in [4.78, 5) is 23.7. The highest BCUT2D eigenvalue weighted by Gasteiger charge is 2.16. The second kappa shape index (κ2) is 11.5. The maximum atomic E-state index is 11.9. The van der Waals surface area contributed by atoms with Crippen molar-refractivity contribution in [1.82, 2.24) is 10.6 Å². The normalized spacial score (nSPS) is 13.8. The molecule has 0 aliphatic carbocycles. The Morgan fingerprint density at radius 3 is 2.29 bits per heavy atom. The molecular formula is C16H33N3O2. The van der Waals surface area contributed by atoms with E-state index in [4.69, 9.17) is 5.73 Å². The van der Waals surface area contributed by atoms with E-state index in [0.29, 0.717) is 31.3 Å². The third-order valence-electron chi connectivity index (χ3n) is 3.51. The quantitative estimate of drug-likeness (QED) is 0.544. The monoisotopic (exact) mass is 299 g/mol. The van der Waals surface area contributed by atoms with Crippen LogP contribution in [-0.4, -0.2) is 30.9 Å². The maximum Gasteiger partial charge on any atom is 0.242 e. The summed E-state index contributed by atoms with van der Waals surface area (Å²) < 4.78 is 0. The first-order valence-electron chi connectivity index (χ1n) is 8.17. The van der Waals surface area contributed by atoms with E-state index in [1.54, 1.807) is 6.92 Å². The number of hydrogen-bond acceptors (Lipinski definition) is 3. The smallest absolute Gasteiger partial charge is 0.242 e. The van der Waals surface area contributed by atoms with Crippen molar-refractivity contribution in [2.24, 2.45) is 17.6 Å².